The Morgan fingerprint density at radius 3 is 2.83 bits per heavy atom. The lowest BCUT2D eigenvalue weighted by molar-refractivity contribution is 0.220. The van der Waals surface area contributed by atoms with Gasteiger partial charge < -0.3 is 10.6 Å². The first-order valence-electron chi connectivity index (χ1n) is 8.46. The maximum Gasteiger partial charge on any atom is 0.315 e. The van der Waals surface area contributed by atoms with Crippen molar-refractivity contribution < 1.29 is 4.79 Å². The summed E-state index contributed by atoms with van der Waals surface area (Å²) in [5, 5.41) is 8.13. The van der Waals surface area contributed by atoms with Crippen LogP contribution in [-0.2, 0) is 0 Å². The highest BCUT2D eigenvalue weighted by molar-refractivity contribution is 7.10. The van der Waals surface area contributed by atoms with Gasteiger partial charge in [-0.05, 0) is 55.9 Å². The van der Waals surface area contributed by atoms with Crippen molar-refractivity contribution in [2.75, 3.05) is 19.6 Å². The van der Waals surface area contributed by atoms with Crippen molar-refractivity contribution in [1.29, 1.82) is 0 Å². The average Bonchev–Trinajstić information content (AvgIpc) is 3.30. The van der Waals surface area contributed by atoms with Crippen molar-refractivity contribution in [2.24, 2.45) is 0 Å². The van der Waals surface area contributed by atoms with Crippen LogP contribution >= 0.6 is 11.3 Å². The Morgan fingerprint density at radius 1 is 1.33 bits per heavy atom. The van der Waals surface area contributed by atoms with Crippen LogP contribution < -0.4 is 10.6 Å². The largest absolute Gasteiger partial charge is 0.336 e. The first-order valence-corrected chi connectivity index (χ1v) is 9.34. The van der Waals surface area contributed by atoms with E-state index in [2.05, 4.69) is 38.0 Å². The molecule has 2 N–H and O–H groups in total. The Morgan fingerprint density at radius 2 is 2.17 bits per heavy atom. The zero-order valence-electron chi connectivity index (χ0n) is 13.9. The number of thiophene rings is 1. The fourth-order valence-corrected chi connectivity index (χ4v) is 3.96. The van der Waals surface area contributed by atoms with Crippen LogP contribution in [0.2, 0.25) is 0 Å². The average molecular weight is 344 g/mol. The molecular formula is C18H24N4OS. The number of hydrogen-bond acceptors (Lipinski definition) is 4. The summed E-state index contributed by atoms with van der Waals surface area (Å²) in [6.45, 7) is 4.82. The molecule has 1 saturated heterocycles. The third-order valence-corrected chi connectivity index (χ3v) is 5.41. The Labute approximate surface area is 147 Å². The highest BCUT2D eigenvalue weighted by atomic mass is 32.1. The molecule has 1 fully saturated rings. The van der Waals surface area contributed by atoms with Gasteiger partial charge in [0, 0.05) is 23.8 Å². The van der Waals surface area contributed by atoms with E-state index in [1.54, 1.807) is 23.7 Å². The second kappa shape index (κ2) is 8.26. The van der Waals surface area contributed by atoms with Gasteiger partial charge in [-0.2, -0.15) is 0 Å². The van der Waals surface area contributed by atoms with E-state index in [0.29, 0.717) is 6.54 Å². The summed E-state index contributed by atoms with van der Waals surface area (Å²) in [5.41, 5.74) is 1.00. The molecule has 1 aliphatic rings. The van der Waals surface area contributed by atoms with Gasteiger partial charge in [0.25, 0.3) is 0 Å². The van der Waals surface area contributed by atoms with Gasteiger partial charge in [-0.15, -0.1) is 11.3 Å². The zero-order chi connectivity index (χ0) is 16.8. The van der Waals surface area contributed by atoms with E-state index in [1.165, 1.54) is 17.7 Å². The molecule has 2 aromatic heterocycles. The van der Waals surface area contributed by atoms with Crippen molar-refractivity contribution in [3.8, 4) is 0 Å². The lowest BCUT2D eigenvalue weighted by Crippen LogP contribution is -2.42. The van der Waals surface area contributed by atoms with E-state index in [9.17, 15) is 4.79 Å². The first kappa shape index (κ1) is 16.9. The molecule has 0 radical (unpaired) electrons. The third kappa shape index (κ3) is 4.33. The molecule has 6 heteroatoms. The van der Waals surface area contributed by atoms with Crippen LogP contribution in [0.15, 0.2) is 42.0 Å². The fourth-order valence-electron chi connectivity index (χ4n) is 3.10. The minimum Gasteiger partial charge on any atom is -0.336 e. The number of nitrogens with one attached hydrogen (secondary N) is 2. The molecule has 0 spiro atoms. The van der Waals surface area contributed by atoms with Gasteiger partial charge in [0.15, 0.2) is 0 Å². The molecule has 0 saturated carbocycles. The molecule has 1 aliphatic heterocycles. The molecule has 2 aromatic rings. The number of nitrogens with zero attached hydrogens (tertiary/aromatic N) is 2. The lowest BCUT2D eigenvalue weighted by atomic mass is 10.1. The lowest BCUT2D eigenvalue weighted by Gasteiger charge is -2.27. The molecule has 2 atom stereocenters. The van der Waals surface area contributed by atoms with E-state index in [4.69, 9.17) is 0 Å². The summed E-state index contributed by atoms with van der Waals surface area (Å²) in [5.74, 6) is 0. The zero-order valence-corrected chi connectivity index (χ0v) is 14.8. The van der Waals surface area contributed by atoms with Gasteiger partial charge in [-0.3, -0.25) is 9.88 Å². The number of carbonyl (C=O) groups excluding carboxylic acids is 1. The van der Waals surface area contributed by atoms with Gasteiger partial charge in [-0.1, -0.05) is 12.1 Å². The monoisotopic (exact) mass is 344 g/mol. The van der Waals surface area contributed by atoms with Crippen molar-refractivity contribution in [1.82, 2.24) is 20.5 Å². The van der Waals surface area contributed by atoms with Crippen molar-refractivity contribution >= 4 is 17.4 Å². The van der Waals surface area contributed by atoms with E-state index in [-0.39, 0.29) is 18.1 Å². The summed E-state index contributed by atoms with van der Waals surface area (Å²) < 4.78 is 0. The molecule has 24 heavy (non-hydrogen) atoms. The highest BCUT2D eigenvalue weighted by Crippen LogP contribution is 2.27. The van der Waals surface area contributed by atoms with Crippen LogP contribution in [0.25, 0.3) is 0 Å². The van der Waals surface area contributed by atoms with Crippen LogP contribution in [0, 0.1) is 0 Å². The maximum atomic E-state index is 12.3. The second-order valence-electron chi connectivity index (χ2n) is 6.14. The summed E-state index contributed by atoms with van der Waals surface area (Å²) in [4.78, 5) is 20.1. The number of carbonyl (C=O) groups is 1. The first-order chi connectivity index (χ1) is 11.7. The SMILES string of the molecule is C[C@H](NC(=O)NC[C@H](c1cccs1)N1CCCC1)c1cccnc1. The molecular weight excluding hydrogens is 320 g/mol. The van der Waals surface area contributed by atoms with Gasteiger partial charge in [0.2, 0.25) is 0 Å². The highest BCUT2D eigenvalue weighted by Gasteiger charge is 2.24. The van der Waals surface area contributed by atoms with Crippen molar-refractivity contribution in [3.63, 3.8) is 0 Å². The predicted molar refractivity (Wildman–Crippen MR) is 97.1 cm³/mol. The Balaban J connectivity index is 1.55. The van der Waals surface area contributed by atoms with E-state index in [1.807, 2.05) is 19.1 Å². The molecule has 0 aliphatic carbocycles. The number of rotatable bonds is 6. The third-order valence-electron chi connectivity index (χ3n) is 4.44. The quantitative estimate of drug-likeness (QED) is 0.845. The Hall–Kier alpha value is -1.92. The topological polar surface area (TPSA) is 57.3 Å². The summed E-state index contributed by atoms with van der Waals surface area (Å²) >= 11 is 1.76. The maximum absolute atomic E-state index is 12.3. The van der Waals surface area contributed by atoms with E-state index >= 15 is 0 Å². The molecule has 5 nitrogen and oxygen atoms in total. The van der Waals surface area contributed by atoms with Gasteiger partial charge in [0.1, 0.15) is 0 Å². The molecule has 0 unspecified atom stereocenters. The second-order valence-corrected chi connectivity index (χ2v) is 7.12. The molecule has 2 amide bonds. The summed E-state index contributed by atoms with van der Waals surface area (Å²) in [6.07, 6.45) is 6.00. The Kier molecular flexibility index (Phi) is 5.82. The number of likely N-dealkylation sites (tertiary alicyclic amines) is 1. The fraction of sp³-hybridized carbons (Fsp3) is 0.444. The van der Waals surface area contributed by atoms with Crippen molar-refractivity contribution in [2.45, 2.75) is 31.8 Å². The van der Waals surface area contributed by atoms with Gasteiger partial charge in [0.05, 0.1) is 12.1 Å². The smallest absolute Gasteiger partial charge is 0.315 e. The number of hydrogen-bond donors (Lipinski definition) is 2. The molecule has 0 bridgehead atoms. The van der Waals surface area contributed by atoms with Gasteiger partial charge in [-0.25, -0.2) is 4.79 Å². The van der Waals surface area contributed by atoms with Crippen LogP contribution in [-0.4, -0.2) is 35.5 Å². The van der Waals surface area contributed by atoms with E-state index in [0.717, 1.165) is 18.7 Å². The molecule has 0 aromatic carbocycles. The molecule has 128 valence electrons. The standard InChI is InChI=1S/C18H24N4OS/c1-14(15-6-4-8-19-12-15)21-18(23)20-13-16(17-7-5-11-24-17)22-9-2-3-10-22/h4-8,11-12,14,16H,2-3,9-10,13H2,1H3,(H2,20,21,23)/t14-,16+/m0/s1. The Bertz CT molecular complexity index is 626. The van der Waals surface area contributed by atoms with Crippen LogP contribution in [0.5, 0.6) is 0 Å². The minimum absolute atomic E-state index is 0.0642. The van der Waals surface area contributed by atoms with Crippen LogP contribution in [0.1, 0.15) is 42.3 Å². The number of urea groups is 1. The molecule has 3 heterocycles. The van der Waals surface area contributed by atoms with Crippen molar-refractivity contribution in [3.05, 3.63) is 52.5 Å². The number of pyridine rings is 1. The summed E-state index contributed by atoms with van der Waals surface area (Å²) in [6, 6.07) is 8.16. The normalized spacial score (nSPS) is 17.4. The van der Waals surface area contributed by atoms with E-state index < -0.39 is 0 Å². The number of aromatic nitrogens is 1. The number of amides is 2. The van der Waals surface area contributed by atoms with Crippen LogP contribution in [0.3, 0.4) is 0 Å². The van der Waals surface area contributed by atoms with Crippen LogP contribution in [0.4, 0.5) is 4.79 Å². The molecule has 3 rings (SSSR count). The predicted octanol–water partition coefficient (Wildman–Crippen LogP) is 3.34. The minimum atomic E-state index is -0.132. The van der Waals surface area contributed by atoms with Gasteiger partial charge >= 0.3 is 6.03 Å². The summed E-state index contributed by atoms with van der Waals surface area (Å²) in [7, 11) is 0.